The smallest absolute Gasteiger partial charge is 0.407 e. The van der Waals surface area contributed by atoms with Crippen molar-refractivity contribution in [3.05, 3.63) is 78.1 Å². The third-order valence-corrected chi connectivity index (χ3v) is 7.77. The van der Waals surface area contributed by atoms with E-state index in [1.165, 1.54) is 28.1 Å². The number of hydrogen-bond acceptors (Lipinski definition) is 7. The molecule has 0 aromatic heterocycles. The van der Waals surface area contributed by atoms with Crippen LogP contribution in [-0.4, -0.2) is 96.4 Å². The summed E-state index contributed by atoms with van der Waals surface area (Å²) in [6.07, 6.45) is 0.650. The summed E-state index contributed by atoms with van der Waals surface area (Å²) in [6.45, 7) is 9.80. The molecule has 2 heterocycles. The first-order valence-electron chi connectivity index (χ1n) is 15.4. The number of nitrogens with one attached hydrogen (secondary N) is 2. The van der Waals surface area contributed by atoms with Gasteiger partial charge in [-0.05, 0) is 55.2 Å². The Kier molecular flexibility index (Phi) is 13.4. The van der Waals surface area contributed by atoms with Crippen LogP contribution in [0.15, 0.2) is 61.2 Å². The largest absolute Gasteiger partial charge is 0.497 e. The Labute approximate surface area is 270 Å². The maximum absolute atomic E-state index is 14.0. The van der Waals surface area contributed by atoms with Crippen LogP contribution in [0.25, 0.3) is 0 Å². The highest BCUT2D eigenvalue weighted by Crippen LogP contribution is 2.32. The van der Waals surface area contributed by atoms with Crippen molar-refractivity contribution in [3.8, 4) is 5.75 Å². The number of ether oxygens (including phenoxy) is 2. The normalized spacial score (nSPS) is 18.5. The van der Waals surface area contributed by atoms with E-state index in [1.807, 2.05) is 32.9 Å². The quantitative estimate of drug-likeness (QED) is 0.281. The Bertz CT molecular complexity index is 1340. The minimum absolute atomic E-state index is 0.0477. The Morgan fingerprint density at radius 3 is 2.39 bits per heavy atom. The van der Waals surface area contributed by atoms with E-state index in [2.05, 4.69) is 17.2 Å². The number of nitrogens with zero attached hydrogens (tertiary/aromatic N) is 4. The second kappa shape index (κ2) is 17.2. The van der Waals surface area contributed by atoms with E-state index in [1.54, 1.807) is 48.3 Å². The average molecular weight is 641 g/mol. The monoisotopic (exact) mass is 640 g/mol. The number of amides is 5. The third kappa shape index (κ3) is 8.75. The van der Waals surface area contributed by atoms with Gasteiger partial charge in [-0.1, -0.05) is 50.8 Å². The van der Waals surface area contributed by atoms with Crippen LogP contribution in [0.5, 0.6) is 5.75 Å². The van der Waals surface area contributed by atoms with Crippen LogP contribution in [0.1, 0.15) is 50.8 Å². The molecule has 2 aliphatic rings. The van der Waals surface area contributed by atoms with Gasteiger partial charge in [0, 0.05) is 20.1 Å². The fraction of sp³-hybridized carbons (Fsp3) is 0.455. The fourth-order valence-corrected chi connectivity index (χ4v) is 5.49. The third-order valence-electron chi connectivity index (χ3n) is 7.77. The van der Waals surface area contributed by atoms with Gasteiger partial charge in [0.15, 0.2) is 0 Å². The van der Waals surface area contributed by atoms with Crippen LogP contribution in [0, 0.1) is 5.82 Å². The number of benzene rings is 2. The number of fused-ring (bicyclic) bond motifs is 1. The number of urea groups is 1. The number of hydrazine groups is 1. The molecule has 0 radical (unpaired) electrons. The summed E-state index contributed by atoms with van der Waals surface area (Å²) in [6, 6.07) is 11.4. The number of methoxy groups -OCH3 is 1. The summed E-state index contributed by atoms with van der Waals surface area (Å²) in [4.78, 5) is 56.1. The lowest BCUT2D eigenvalue weighted by atomic mass is 9.98. The molecule has 2 N–H and O–H groups in total. The highest BCUT2D eigenvalue weighted by molar-refractivity contribution is 5.91. The van der Waals surface area contributed by atoms with Gasteiger partial charge in [-0.3, -0.25) is 9.59 Å². The molecule has 2 fully saturated rings. The first-order valence-corrected chi connectivity index (χ1v) is 15.4. The molecule has 0 saturated carbocycles. The number of rotatable bonds is 11. The molecular weight excluding hydrogens is 595 g/mol. The van der Waals surface area contributed by atoms with Gasteiger partial charge >= 0.3 is 12.1 Å². The minimum atomic E-state index is -0.888. The van der Waals surface area contributed by atoms with Gasteiger partial charge in [-0.25, -0.2) is 24.0 Å². The van der Waals surface area contributed by atoms with E-state index in [0.717, 1.165) is 5.56 Å². The molecule has 2 unspecified atom stereocenters. The predicted octanol–water partition coefficient (Wildman–Crippen LogP) is 4.05. The SMILES string of the molecule is C=CCOC(=O)NCCC[C@H]1C(=O)N(C(C)c2ccc(F)cc2)CC2N1C(=O)CN(C)N2C(=O)NCc1ccc(OC)cc1.CC. The fourth-order valence-electron chi connectivity index (χ4n) is 5.49. The summed E-state index contributed by atoms with van der Waals surface area (Å²) in [5.41, 5.74) is 1.57. The van der Waals surface area contributed by atoms with Gasteiger partial charge in [-0.15, -0.1) is 0 Å². The van der Waals surface area contributed by atoms with Gasteiger partial charge in [0.2, 0.25) is 11.8 Å². The molecule has 250 valence electrons. The molecule has 4 rings (SSSR count). The lowest BCUT2D eigenvalue weighted by Gasteiger charge is -2.55. The highest BCUT2D eigenvalue weighted by atomic mass is 19.1. The predicted molar refractivity (Wildman–Crippen MR) is 171 cm³/mol. The zero-order valence-corrected chi connectivity index (χ0v) is 27.2. The molecule has 5 amide bonds. The second-order valence-corrected chi connectivity index (χ2v) is 10.6. The lowest BCUT2D eigenvalue weighted by molar-refractivity contribution is -0.189. The first kappa shape index (κ1) is 35.8. The summed E-state index contributed by atoms with van der Waals surface area (Å²) in [5, 5.41) is 8.58. The lowest BCUT2D eigenvalue weighted by Crippen LogP contribution is -2.76. The van der Waals surface area contributed by atoms with Crippen molar-refractivity contribution in [1.82, 2.24) is 30.5 Å². The summed E-state index contributed by atoms with van der Waals surface area (Å²) < 4.78 is 23.8. The Morgan fingerprint density at radius 1 is 1.09 bits per heavy atom. The molecule has 0 aliphatic carbocycles. The minimum Gasteiger partial charge on any atom is -0.497 e. The summed E-state index contributed by atoms with van der Waals surface area (Å²) in [7, 11) is 3.23. The number of alkyl carbamates (subject to hydrolysis) is 1. The van der Waals surface area contributed by atoms with Gasteiger partial charge in [0.25, 0.3) is 0 Å². The number of halogens is 1. The van der Waals surface area contributed by atoms with Crippen LogP contribution >= 0.6 is 0 Å². The molecule has 2 saturated heterocycles. The van der Waals surface area contributed by atoms with Crippen LogP contribution in [0.2, 0.25) is 0 Å². The van der Waals surface area contributed by atoms with E-state index in [0.29, 0.717) is 17.7 Å². The molecule has 13 heteroatoms. The van der Waals surface area contributed by atoms with Crippen molar-refractivity contribution >= 4 is 23.9 Å². The molecule has 3 atom stereocenters. The average Bonchev–Trinajstić information content (AvgIpc) is 3.06. The second-order valence-electron chi connectivity index (χ2n) is 10.6. The van der Waals surface area contributed by atoms with E-state index >= 15 is 0 Å². The van der Waals surface area contributed by atoms with Gasteiger partial charge in [-0.2, -0.15) is 0 Å². The summed E-state index contributed by atoms with van der Waals surface area (Å²) >= 11 is 0. The van der Waals surface area contributed by atoms with E-state index in [-0.39, 0.29) is 51.0 Å². The molecule has 0 spiro atoms. The van der Waals surface area contributed by atoms with Crippen molar-refractivity contribution in [1.29, 1.82) is 0 Å². The van der Waals surface area contributed by atoms with Crippen molar-refractivity contribution in [2.45, 2.75) is 58.4 Å². The Balaban J connectivity index is 0.00000282. The van der Waals surface area contributed by atoms with Crippen molar-refractivity contribution in [3.63, 3.8) is 0 Å². The molecule has 2 aliphatic heterocycles. The van der Waals surface area contributed by atoms with Crippen LogP contribution < -0.4 is 15.4 Å². The van der Waals surface area contributed by atoms with Crippen molar-refractivity contribution in [2.24, 2.45) is 0 Å². The van der Waals surface area contributed by atoms with E-state index < -0.39 is 36.2 Å². The molecule has 12 nitrogen and oxygen atoms in total. The Morgan fingerprint density at radius 2 is 1.76 bits per heavy atom. The zero-order chi connectivity index (χ0) is 33.8. The van der Waals surface area contributed by atoms with Crippen molar-refractivity contribution < 1.29 is 33.0 Å². The molecule has 2 aromatic rings. The molecule has 0 bridgehead atoms. The number of likely N-dealkylation sites (N-methyl/N-ethyl adjacent to an activating group) is 1. The maximum Gasteiger partial charge on any atom is 0.407 e. The molecule has 2 aromatic carbocycles. The first-order chi connectivity index (χ1) is 22.1. The highest BCUT2D eigenvalue weighted by Gasteiger charge is 2.51. The number of carbonyl (C=O) groups excluding carboxylic acids is 4. The number of carbonyl (C=O) groups is 4. The van der Waals surface area contributed by atoms with Gasteiger partial charge in [0.05, 0.1) is 26.2 Å². The number of hydrogen-bond donors (Lipinski definition) is 2. The molecular formula is C33H45FN6O6. The van der Waals surface area contributed by atoms with Crippen molar-refractivity contribution in [2.75, 3.05) is 40.4 Å². The zero-order valence-electron chi connectivity index (χ0n) is 27.2. The van der Waals surface area contributed by atoms with Crippen LogP contribution in [-0.2, 0) is 20.9 Å². The van der Waals surface area contributed by atoms with E-state index in [4.69, 9.17) is 9.47 Å². The Hall–Kier alpha value is -4.65. The molecule has 46 heavy (non-hydrogen) atoms. The number of piperazine rings is 1. The topological polar surface area (TPSA) is 124 Å². The van der Waals surface area contributed by atoms with E-state index in [9.17, 15) is 23.6 Å². The van der Waals surface area contributed by atoms with Crippen LogP contribution in [0.3, 0.4) is 0 Å². The van der Waals surface area contributed by atoms with Gasteiger partial charge < -0.3 is 29.9 Å². The van der Waals surface area contributed by atoms with Crippen LogP contribution in [0.4, 0.5) is 14.0 Å². The summed E-state index contributed by atoms with van der Waals surface area (Å²) in [5.74, 6) is -0.276. The standard InChI is InChI=1S/C31H39FN6O6.C2H6/c1-5-17-44-31(42)33-16-6-7-26-29(40)36(21(2)23-10-12-24(32)13-11-23)19-27-37(26)28(39)20-35(3)38(27)30(41)34-18-22-8-14-25(43-4)15-9-22;1-2/h5,8-15,21,26-27H,1,6-7,16-20H2,2-4H3,(H,33,42)(H,34,41);1-2H3/t21?,26-,27?;/m0./s1. The van der Waals surface area contributed by atoms with Gasteiger partial charge in [0.1, 0.15) is 30.4 Å². The maximum atomic E-state index is 14.0.